The summed E-state index contributed by atoms with van der Waals surface area (Å²) in [7, 11) is 3.18. The Morgan fingerprint density at radius 3 is 2.62 bits per heavy atom. The van der Waals surface area contributed by atoms with Crippen molar-refractivity contribution in [3.63, 3.8) is 0 Å². The van der Waals surface area contributed by atoms with Gasteiger partial charge in [-0.25, -0.2) is 0 Å². The molecule has 0 spiro atoms. The molecule has 6 nitrogen and oxygen atoms in total. The Morgan fingerprint density at radius 1 is 1.12 bits per heavy atom. The van der Waals surface area contributed by atoms with Gasteiger partial charge in [-0.05, 0) is 41.8 Å². The molecule has 1 saturated heterocycles. The van der Waals surface area contributed by atoms with Gasteiger partial charge in [0.2, 0.25) is 5.91 Å². The third kappa shape index (κ3) is 4.52. The number of amides is 1. The highest BCUT2D eigenvalue weighted by atomic mass is 16.5. The van der Waals surface area contributed by atoms with Crippen molar-refractivity contribution in [2.75, 3.05) is 27.4 Å². The Kier molecular flexibility index (Phi) is 6.07. The zero-order valence-electron chi connectivity index (χ0n) is 15.1. The number of nitrogens with one attached hydrogen (secondary N) is 1. The minimum atomic E-state index is -0.0209. The van der Waals surface area contributed by atoms with Crippen LogP contribution in [0.2, 0.25) is 0 Å². The van der Waals surface area contributed by atoms with Crippen molar-refractivity contribution in [3.8, 4) is 11.5 Å². The number of carbonyl (C=O) groups excluding carboxylic acids is 1. The normalized spacial score (nSPS) is 19.2. The highest BCUT2D eigenvalue weighted by Gasteiger charge is 2.29. The third-order valence-corrected chi connectivity index (χ3v) is 4.60. The molecular weight excluding hydrogens is 332 g/mol. The molecule has 1 aromatic carbocycles. The topological polar surface area (TPSA) is 69.7 Å². The summed E-state index contributed by atoms with van der Waals surface area (Å²) in [5, 5.41) is 3.11. The molecule has 0 saturated carbocycles. The summed E-state index contributed by atoms with van der Waals surface area (Å²) in [5.74, 6) is 1.52. The molecule has 1 aliphatic heterocycles. The van der Waals surface area contributed by atoms with Crippen LogP contribution in [0.5, 0.6) is 11.5 Å². The van der Waals surface area contributed by atoms with Gasteiger partial charge >= 0.3 is 0 Å². The smallest absolute Gasteiger partial charge is 0.224 e. The molecule has 1 aromatic heterocycles. The average Bonchev–Trinajstić information content (AvgIpc) is 3.08. The Morgan fingerprint density at radius 2 is 1.88 bits per heavy atom. The zero-order chi connectivity index (χ0) is 18.4. The summed E-state index contributed by atoms with van der Waals surface area (Å²) in [6, 6.07) is 9.54. The number of ether oxygens (including phenoxy) is 3. The molecule has 0 radical (unpaired) electrons. The molecule has 2 atom stereocenters. The van der Waals surface area contributed by atoms with Gasteiger partial charge < -0.3 is 19.5 Å². The van der Waals surface area contributed by atoms with Crippen LogP contribution in [0.3, 0.4) is 0 Å². The van der Waals surface area contributed by atoms with Crippen LogP contribution in [0.1, 0.15) is 11.1 Å². The first kappa shape index (κ1) is 18.2. The van der Waals surface area contributed by atoms with Crippen LogP contribution in [-0.2, 0) is 22.4 Å². The predicted octanol–water partition coefficient (Wildman–Crippen LogP) is 2.02. The fraction of sp³-hybridized carbons (Fsp3) is 0.400. The Bertz CT molecular complexity index is 736. The van der Waals surface area contributed by atoms with Gasteiger partial charge in [0, 0.05) is 18.3 Å². The van der Waals surface area contributed by atoms with E-state index in [1.807, 2.05) is 30.3 Å². The highest BCUT2D eigenvalue weighted by molar-refractivity contribution is 5.79. The number of rotatable bonds is 7. The number of benzene rings is 1. The molecule has 26 heavy (non-hydrogen) atoms. The number of aromatic nitrogens is 1. The summed E-state index contributed by atoms with van der Waals surface area (Å²) < 4.78 is 16.1. The van der Waals surface area contributed by atoms with E-state index < -0.39 is 0 Å². The molecule has 0 aliphatic carbocycles. The van der Waals surface area contributed by atoms with Crippen molar-refractivity contribution in [1.29, 1.82) is 0 Å². The van der Waals surface area contributed by atoms with Crippen LogP contribution in [-0.4, -0.2) is 44.4 Å². The minimum Gasteiger partial charge on any atom is -0.493 e. The van der Waals surface area contributed by atoms with Gasteiger partial charge in [-0.1, -0.05) is 6.07 Å². The molecule has 2 heterocycles. The van der Waals surface area contributed by atoms with E-state index in [1.165, 1.54) is 5.56 Å². The SMILES string of the molecule is COc1ccc(CC(=O)N[C@H]2COC[C@H]2Cc2ccncc2)cc1OC. The second-order valence-electron chi connectivity index (χ2n) is 6.40. The fourth-order valence-electron chi connectivity index (χ4n) is 3.21. The summed E-state index contributed by atoms with van der Waals surface area (Å²) in [5.41, 5.74) is 2.08. The summed E-state index contributed by atoms with van der Waals surface area (Å²) in [4.78, 5) is 16.5. The van der Waals surface area contributed by atoms with Crippen LogP contribution in [0.15, 0.2) is 42.7 Å². The molecule has 1 fully saturated rings. The largest absolute Gasteiger partial charge is 0.493 e. The van der Waals surface area contributed by atoms with E-state index in [1.54, 1.807) is 26.6 Å². The third-order valence-electron chi connectivity index (χ3n) is 4.60. The van der Waals surface area contributed by atoms with Crippen molar-refractivity contribution in [1.82, 2.24) is 10.3 Å². The van der Waals surface area contributed by atoms with Gasteiger partial charge in [-0.3, -0.25) is 9.78 Å². The Balaban J connectivity index is 1.58. The minimum absolute atomic E-state index is 0.0209. The lowest BCUT2D eigenvalue weighted by Crippen LogP contribution is -2.41. The van der Waals surface area contributed by atoms with E-state index >= 15 is 0 Å². The lowest BCUT2D eigenvalue weighted by atomic mass is 9.95. The standard InChI is InChI=1S/C20H24N2O4/c1-24-18-4-3-15(10-19(18)25-2)11-20(23)22-17-13-26-12-16(17)9-14-5-7-21-8-6-14/h3-8,10,16-17H,9,11-13H2,1-2H3,(H,22,23)/t16-,17+/m1/s1. The molecule has 0 unspecified atom stereocenters. The summed E-state index contributed by atoms with van der Waals surface area (Å²) in [6.07, 6.45) is 4.73. The second kappa shape index (κ2) is 8.67. The number of pyridine rings is 1. The quantitative estimate of drug-likeness (QED) is 0.822. The molecule has 1 amide bonds. The van der Waals surface area contributed by atoms with Crippen molar-refractivity contribution in [2.24, 2.45) is 5.92 Å². The van der Waals surface area contributed by atoms with Gasteiger partial charge in [0.1, 0.15) is 0 Å². The van der Waals surface area contributed by atoms with Crippen LogP contribution in [0, 0.1) is 5.92 Å². The number of hydrogen-bond acceptors (Lipinski definition) is 5. The lowest BCUT2D eigenvalue weighted by Gasteiger charge is -2.19. The molecule has 0 bridgehead atoms. The highest BCUT2D eigenvalue weighted by Crippen LogP contribution is 2.27. The molecule has 3 rings (SSSR count). The predicted molar refractivity (Wildman–Crippen MR) is 97.4 cm³/mol. The summed E-state index contributed by atoms with van der Waals surface area (Å²) in [6.45, 7) is 1.21. The fourth-order valence-corrected chi connectivity index (χ4v) is 3.21. The first-order chi connectivity index (χ1) is 12.7. The van der Waals surface area contributed by atoms with Gasteiger partial charge in [0.15, 0.2) is 11.5 Å². The number of methoxy groups -OCH3 is 2. The van der Waals surface area contributed by atoms with Crippen molar-refractivity contribution in [3.05, 3.63) is 53.9 Å². The molecular formula is C20H24N2O4. The Labute approximate surface area is 153 Å². The van der Waals surface area contributed by atoms with Gasteiger partial charge in [0.25, 0.3) is 0 Å². The molecule has 1 N–H and O–H groups in total. The molecule has 6 heteroatoms. The monoisotopic (exact) mass is 356 g/mol. The Hall–Kier alpha value is -2.60. The van der Waals surface area contributed by atoms with E-state index in [9.17, 15) is 4.79 Å². The average molecular weight is 356 g/mol. The van der Waals surface area contributed by atoms with Gasteiger partial charge in [-0.15, -0.1) is 0 Å². The van der Waals surface area contributed by atoms with Crippen molar-refractivity contribution >= 4 is 5.91 Å². The van der Waals surface area contributed by atoms with E-state index in [4.69, 9.17) is 14.2 Å². The molecule has 2 aromatic rings. The van der Waals surface area contributed by atoms with Gasteiger partial charge in [0.05, 0.1) is 39.9 Å². The zero-order valence-corrected chi connectivity index (χ0v) is 15.1. The maximum absolute atomic E-state index is 12.5. The van der Waals surface area contributed by atoms with Crippen LogP contribution in [0.25, 0.3) is 0 Å². The second-order valence-corrected chi connectivity index (χ2v) is 6.40. The first-order valence-corrected chi connectivity index (χ1v) is 8.66. The van der Waals surface area contributed by atoms with Gasteiger partial charge in [-0.2, -0.15) is 0 Å². The molecule has 138 valence electrons. The number of hydrogen-bond donors (Lipinski definition) is 1. The van der Waals surface area contributed by atoms with E-state index in [2.05, 4.69) is 10.3 Å². The number of carbonyl (C=O) groups is 1. The van der Waals surface area contributed by atoms with Crippen LogP contribution in [0.4, 0.5) is 0 Å². The van der Waals surface area contributed by atoms with E-state index in [0.717, 1.165) is 12.0 Å². The lowest BCUT2D eigenvalue weighted by molar-refractivity contribution is -0.121. The van der Waals surface area contributed by atoms with Crippen LogP contribution >= 0.6 is 0 Å². The first-order valence-electron chi connectivity index (χ1n) is 8.66. The maximum Gasteiger partial charge on any atom is 0.224 e. The number of nitrogens with zero attached hydrogens (tertiary/aromatic N) is 1. The molecule has 1 aliphatic rings. The van der Waals surface area contributed by atoms with E-state index in [0.29, 0.717) is 31.1 Å². The van der Waals surface area contributed by atoms with E-state index in [-0.39, 0.29) is 17.9 Å². The summed E-state index contributed by atoms with van der Waals surface area (Å²) >= 11 is 0. The van der Waals surface area contributed by atoms with Crippen LogP contribution < -0.4 is 14.8 Å². The van der Waals surface area contributed by atoms with Crippen molar-refractivity contribution < 1.29 is 19.0 Å². The maximum atomic E-state index is 12.5. The van der Waals surface area contributed by atoms with Crippen molar-refractivity contribution in [2.45, 2.75) is 18.9 Å².